The fourth-order valence-corrected chi connectivity index (χ4v) is 6.80. The summed E-state index contributed by atoms with van der Waals surface area (Å²) in [5.74, 6) is -2.73. The molecule has 4 rings (SSSR count). The summed E-state index contributed by atoms with van der Waals surface area (Å²) >= 11 is 0. The summed E-state index contributed by atoms with van der Waals surface area (Å²) in [5, 5.41) is 8.43. The average Bonchev–Trinajstić information content (AvgIpc) is 3.84. The predicted molar refractivity (Wildman–Crippen MR) is 164 cm³/mol. The van der Waals surface area contributed by atoms with Crippen LogP contribution in [0.15, 0.2) is 0 Å². The summed E-state index contributed by atoms with van der Waals surface area (Å²) in [6.45, 7) is 16.2. The number of likely N-dealkylation sites (tertiary alicyclic amines) is 1. The van der Waals surface area contributed by atoms with Gasteiger partial charge < -0.3 is 31.5 Å². The van der Waals surface area contributed by atoms with E-state index in [1.807, 2.05) is 55.4 Å². The molecule has 44 heavy (non-hydrogen) atoms. The van der Waals surface area contributed by atoms with E-state index in [1.54, 1.807) is 11.9 Å². The molecule has 4 fully saturated rings. The molecule has 0 radical (unpaired) electrons. The topological polar surface area (TPSA) is 171 Å². The fraction of sp³-hybridized carbons (Fsp3) is 0.812. The minimum atomic E-state index is -1.10. The van der Waals surface area contributed by atoms with Crippen LogP contribution in [0.3, 0.4) is 0 Å². The number of nitrogens with one attached hydrogen (secondary N) is 3. The number of hydrogen-bond donors (Lipinski definition) is 4. The number of piperidine rings is 1. The number of hydrogen-bond acceptors (Lipinski definition) is 6. The number of carbonyl (C=O) groups is 6. The van der Waals surface area contributed by atoms with Gasteiger partial charge in [-0.25, -0.2) is 4.79 Å². The van der Waals surface area contributed by atoms with Gasteiger partial charge in [-0.1, -0.05) is 55.4 Å². The number of fused-ring (bicyclic) bond motifs is 1. The average molecular weight is 617 g/mol. The van der Waals surface area contributed by atoms with E-state index in [9.17, 15) is 28.8 Å². The van der Waals surface area contributed by atoms with E-state index >= 15 is 0 Å². The van der Waals surface area contributed by atoms with Crippen molar-refractivity contribution in [2.24, 2.45) is 45.7 Å². The molecule has 12 nitrogen and oxygen atoms in total. The van der Waals surface area contributed by atoms with Crippen LogP contribution in [0.25, 0.3) is 0 Å². The molecule has 0 aromatic rings. The van der Waals surface area contributed by atoms with Gasteiger partial charge in [-0.3, -0.25) is 24.0 Å². The second-order valence-corrected chi connectivity index (χ2v) is 16.3. The zero-order chi connectivity index (χ0) is 33.1. The van der Waals surface area contributed by atoms with Crippen LogP contribution in [0.2, 0.25) is 0 Å². The molecule has 12 heteroatoms. The maximum Gasteiger partial charge on any atom is 0.316 e. The molecule has 5 N–H and O–H groups in total. The molecule has 0 aromatic heterocycles. The van der Waals surface area contributed by atoms with E-state index in [4.69, 9.17) is 5.73 Å². The summed E-state index contributed by atoms with van der Waals surface area (Å²) in [6.07, 6.45) is 3.60. The molecular formula is C32H52N6O6. The zero-order valence-corrected chi connectivity index (χ0v) is 27.8. The lowest BCUT2D eigenvalue weighted by Crippen LogP contribution is -2.63. The molecule has 6 amide bonds. The number of primary amides is 1. The highest BCUT2D eigenvalue weighted by atomic mass is 16.2. The first-order chi connectivity index (χ1) is 20.2. The lowest BCUT2D eigenvalue weighted by Gasteiger charge is -2.39. The van der Waals surface area contributed by atoms with Gasteiger partial charge in [-0.05, 0) is 65.6 Å². The number of amides is 6. The molecular weight excluding hydrogens is 564 g/mol. The number of rotatable bonds is 11. The van der Waals surface area contributed by atoms with Gasteiger partial charge >= 0.3 is 6.03 Å². The molecule has 6 atom stereocenters. The predicted octanol–water partition coefficient (Wildman–Crippen LogP) is 1.42. The Morgan fingerprint density at radius 2 is 1.43 bits per heavy atom. The van der Waals surface area contributed by atoms with Crippen molar-refractivity contribution in [3.8, 4) is 0 Å². The van der Waals surface area contributed by atoms with Crippen LogP contribution in [0.1, 0.15) is 81.1 Å². The standard InChI is InChI=1S/C32H52N6O6/c1-30(2,3)23(27(42)37(9)14-16-10-11-16)35-29(44)36-24(31(4,5)6)28(43)38-15-18-19(32(18,7)8)21(38)26(41)34-20(17-12-13-17)22(39)25(33)40/h16-21,23-24H,10-15H2,1-9H3,(H2,33,40)(H,34,41)(H2,35,36,44)/t18-,19-,20?,21-,23+,24+/m0/s1. The van der Waals surface area contributed by atoms with Gasteiger partial charge in [0.25, 0.3) is 5.91 Å². The third-order valence-electron chi connectivity index (χ3n) is 10.1. The summed E-state index contributed by atoms with van der Waals surface area (Å²) in [4.78, 5) is 82.2. The summed E-state index contributed by atoms with van der Waals surface area (Å²) in [5.41, 5.74) is 3.76. The highest BCUT2D eigenvalue weighted by Crippen LogP contribution is 2.65. The molecule has 3 aliphatic carbocycles. The van der Waals surface area contributed by atoms with Crippen molar-refractivity contribution >= 4 is 35.4 Å². The molecule has 1 unspecified atom stereocenters. The van der Waals surface area contributed by atoms with Crippen LogP contribution in [0.4, 0.5) is 4.79 Å². The van der Waals surface area contributed by atoms with Crippen LogP contribution in [0, 0.1) is 39.9 Å². The summed E-state index contributed by atoms with van der Waals surface area (Å²) < 4.78 is 0. The third-order valence-corrected chi connectivity index (χ3v) is 10.1. The first-order valence-corrected chi connectivity index (χ1v) is 15.9. The number of carbonyl (C=O) groups excluding carboxylic acids is 6. The van der Waals surface area contributed by atoms with E-state index < -0.39 is 64.5 Å². The Morgan fingerprint density at radius 3 is 1.91 bits per heavy atom. The van der Waals surface area contributed by atoms with E-state index in [0.717, 1.165) is 12.8 Å². The van der Waals surface area contributed by atoms with Crippen LogP contribution < -0.4 is 21.7 Å². The van der Waals surface area contributed by atoms with Crippen LogP contribution in [-0.4, -0.2) is 89.5 Å². The Kier molecular flexibility index (Phi) is 8.91. The SMILES string of the molecule is CN(CC1CC1)C(=O)[C@@H](NC(=O)N[C@H](C(=O)N1C[C@H]2[C@@H]([C@H]1C(=O)NC(C(=O)C(N)=O)C1CC1)C2(C)C)C(C)(C)C)C(C)(C)C. The highest BCUT2D eigenvalue weighted by Gasteiger charge is 2.70. The van der Waals surface area contributed by atoms with Crippen molar-refractivity contribution in [3.05, 3.63) is 0 Å². The monoisotopic (exact) mass is 616 g/mol. The molecule has 4 aliphatic rings. The van der Waals surface area contributed by atoms with Gasteiger partial charge in [-0.15, -0.1) is 0 Å². The maximum atomic E-state index is 14.2. The van der Waals surface area contributed by atoms with Crippen molar-refractivity contribution in [3.63, 3.8) is 0 Å². The van der Waals surface area contributed by atoms with E-state index in [0.29, 0.717) is 31.8 Å². The van der Waals surface area contributed by atoms with Gasteiger partial charge in [0.05, 0.1) is 0 Å². The Labute approximate surface area is 261 Å². The molecule has 1 heterocycles. The zero-order valence-electron chi connectivity index (χ0n) is 27.8. The second-order valence-electron chi connectivity index (χ2n) is 16.3. The van der Waals surface area contributed by atoms with Crippen LogP contribution >= 0.6 is 0 Å². The fourth-order valence-electron chi connectivity index (χ4n) is 6.80. The van der Waals surface area contributed by atoms with Gasteiger partial charge in [0.2, 0.25) is 23.5 Å². The van der Waals surface area contributed by atoms with Gasteiger partial charge in [0.1, 0.15) is 24.2 Å². The van der Waals surface area contributed by atoms with Crippen molar-refractivity contribution < 1.29 is 28.8 Å². The minimum absolute atomic E-state index is 0.0766. The van der Waals surface area contributed by atoms with Crippen molar-refractivity contribution in [2.75, 3.05) is 20.1 Å². The Morgan fingerprint density at radius 1 is 0.886 bits per heavy atom. The van der Waals surface area contributed by atoms with Crippen LogP contribution in [-0.2, 0) is 24.0 Å². The highest BCUT2D eigenvalue weighted by molar-refractivity contribution is 6.38. The summed E-state index contributed by atoms with van der Waals surface area (Å²) in [6, 6.07) is -4.34. The lowest BCUT2D eigenvalue weighted by atomic mass is 9.84. The van der Waals surface area contributed by atoms with Crippen molar-refractivity contribution in [1.82, 2.24) is 25.8 Å². The third kappa shape index (κ3) is 7.04. The van der Waals surface area contributed by atoms with Crippen molar-refractivity contribution in [2.45, 2.75) is 105 Å². The molecule has 1 aliphatic heterocycles. The number of likely N-dealkylation sites (N-methyl/N-ethyl adjacent to an activating group) is 1. The summed E-state index contributed by atoms with van der Waals surface area (Å²) in [7, 11) is 1.75. The number of Topliss-reactive ketones (excluding diaryl/α,β-unsaturated/α-hetero) is 1. The molecule has 246 valence electrons. The minimum Gasteiger partial charge on any atom is -0.363 e. The van der Waals surface area contributed by atoms with Gasteiger partial charge in [0, 0.05) is 20.1 Å². The number of nitrogens with two attached hydrogens (primary N) is 1. The largest absolute Gasteiger partial charge is 0.363 e. The smallest absolute Gasteiger partial charge is 0.316 e. The number of urea groups is 1. The normalized spacial score (nSPS) is 26.0. The van der Waals surface area contributed by atoms with E-state index in [1.165, 1.54) is 4.90 Å². The molecule has 1 saturated heterocycles. The van der Waals surface area contributed by atoms with Gasteiger partial charge in [-0.2, -0.15) is 0 Å². The van der Waals surface area contributed by atoms with Gasteiger partial charge in [0.15, 0.2) is 0 Å². The second kappa shape index (κ2) is 11.6. The van der Waals surface area contributed by atoms with E-state index in [2.05, 4.69) is 16.0 Å². The van der Waals surface area contributed by atoms with E-state index in [-0.39, 0.29) is 29.1 Å². The molecule has 3 saturated carbocycles. The number of nitrogens with zero attached hydrogens (tertiary/aromatic N) is 2. The lowest BCUT2D eigenvalue weighted by molar-refractivity contribution is -0.145. The number of ketones is 1. The Bertz CT molecular complexity index is 1210. The quantitative estimate of drug-likeness (QED) is 0.256. The molecule has 0 bridgehead atoms. The Balaban J connectivity index is 1.52. The van der Waals surface area contributed by atoms with Crippen molar-refractivity contribution in [1.29, 1.82) is 0 Å². The molecule has 0 aromatic carbocycles. The Hall–Kier alpha value is -3.18. The first-order valence-electron chi connectivity index (χ1n) is 15.9. The van der Waals surface area contributed by atoms with Crippen LogP contribution in [0.5, 0.6) is 0 Å². The maximum absolute atomic E-state index is 14.2. The molecule has 0 spiro atoms. The first kappa shape index (κ1) is 33.7.